The van der Waals surface area contributed by atoms with E-state index in [1.807, 2.05) is 0 Å². The Kier molecular flexibility index (Phi) is 2.50. The predicted octanol–water partition coefficient (Wildman–Crippen LogP) is -1.56. The summed E-state index contributed by atoms with van der Waals surface area (Å²) in [5.74, 6) is 0.623. The van der Waals surface area contributed by atoms with Crippen LogP contribution >= 0.6 is 0 Å². The number of fused-ring (bicyclic) bond motifs is 1. The maximum Gasteiger partial charge on any atom is 0.332 e. The van der Waals surface area contributed by atoms with Crippen LogP contribution < -0.4 is 11.2 Å². The predicted molar refractivity (Wildman–Crippen MR) is 54.9 cm³/mol. The molecule has 0 aliphatic heterocycles. The molecule has 82 valence electrons. The molecule has 2 aromatic heterocycles. The summed E-state index contributed by atoms with van der Waals surface area (Å²) < 4.78 is 2.40. The number of aromatic nitrogens is 4. The van der Waals surface area contributed by atoms with Gasteiger partial charge in [0.05, 0.1) is 0 Å². The van der Waals surface area contributed by atoms with Gasteiger partial charge in [0.25, 0.3) is 5.56 Å². The molecule has 0 fully saturated rings. The van der Waals surface area contributed by atoms with Crippen LogP contribution in [0.4, 0.5) is 0 Å². The van der Waals surface area contributed by atoms with Crippen LogP contribution in [0.2, 0.25) is 0 Å². The van der Waals surface area contributed by atoms with Crippen molar-refractivity contribution in [3.05, 3.63) is 26.7 Å². The first-order valence-electron chi connectivity index (χ1n) is 4.14. The van der Waals surface area contributed by atoms with Crippen LogP contribution in [-0.4, -0.2) is 24.6 Å². The third kappa shape index (κ3) is 1.37. The maximum absolute atomic E-state index is 11.6. The molecule has 7 nitrogen and oxygen atoms in total. The molecule has 0 amide bonds. The van der Waals surface area contributed by atoms with Crippen molar-refractivity contribution in [3.8, 4) is 0 Å². The van der Waals surface area contributed by atoms with Crippen molar-refractivity contribution in [2.24, 2.45) is 14.1 Å². The minimum Gasteiger partial charge on any atom is -0.412 e. The highest BCUT2D eigenvalue weighted by Crippen LogP contribution is 2.01. The van der Waals surface area contributed by atoms with Crippen LogP contribution in [0.5, 0.6) is 0 Å². The Morgan fingerprint density at radius 1 is 1.20 bits per heavy atom. The lowest BCUT2D eigenvalue weighted by Gasteiger charge is -2.00. The largest absolute Gasteiger partial charge is 0.412 e. The smallest absolute Gasteiger partial charge is 0.332 e. The number of nitrogens with one attached hydrogen (secondary N) is 1. The Morgan fingerprint density at radius 2 is 1.80 bits per heavy atom. The molecule has 0 saturated carbocycles. The lowest BCUT2D eigenvalue weighted by atomic mass is 10.5. The number of nitrogens with zero attached hydrogens (tertiary/aromatic N) is 3. The Morgan fingerprint density at radius 3 is 2.40 bits per heavy atom. The van der Waals surface area contributed by atoms with Gasteiger partial charge in [0, 0.05) is 14.1 Å². The van der Waals surface area contributed by atoms with Gasteiger partial charge in [0.15, 0.2) is 5.65 Å². The first kappa shape index (κ1) is 11.2. The molecular weight excluding hydrogens is 200 g/mol. The molecule has 7 heteroatoms. The minimum absolute atomic E-state index is 0. The summed E-state index contributed by atoms with van der Waals surface area (Å²) in [4.78, 5) is 30.0. The highest BCUT2D eigenvalue weighted by molar-refractivity contribution is 5.69. The van der Waals surface area contributed by atoms with E-state index < -0.39 is 0 Å². The van der Waals surface area contributed by atoms with E-state index in [4.69, 9.17) is 0 Å². The van der Waals surface area contributed by atoms with Gasteiger partial charge in [-0.15, -0.1) is 0 Å². The Bertz CT molecular complexity index is 619. The van der Waals surface area contributed by atoms with E-state index in [9.17, 15) is 9.59 Å². The van der Waals surface area contributed by atoms with E-state index in [1.54, 1.807) is 14.0 Å². The van der Waals surface area contributed by atoms with E-state index in [1.165, 1.54) is 11.6 Å². The summed E-state index contributed by atoms with van der Waals surface area (Å²) in [6.45, 7) is 1.74. The second-order valence-electron chi connectivity index (χ2n) is 3.23. The topological polar surface area (TPSA) is 104 Å². The molecule has 2 rings (SSSR count). The van der Waals surface area contributed by atoms with Gasteiger partial charge in [0.1, 0.15) is 11.3 Å². The van der Waals surface area contributed by atoms with Gasteiger partial charge in [-0.2, -0.15) is 0 Å². The Hall–Kier alpha value is -1.89. The normalized spacial score (nSPS) is 10.3. The molecule has 2 aromatic rings. The van der Waals surface area contributed by atoms with Crippen LogP contribution in [0.25, 0.3) is 11.2 Å². The van der Waals surface area contributed by atoms with Crippen molar-refractivity contribution < 1.29 is 5.48 Å². The van der Waals surface area contributed by atoms with E-state index >= 15 is 0 Å². The van der Waals surface area contributed by atoms with Crippen LogP contribution in [0.3, 0.4) is 0 Å². The van der Waals surface area contributed by atoms with E-state index in [-0.39, 0.29) is 16.7 Å². The summed E-state index contributed by atoms with van der Waals surface area (Å²) in [6, 6.07) is 0. The van der Waals surface area contributed by atoms with Gasteiger partial charge in [0.2, 0.25) is 0 Å². The second-order valence-corrected chi connectivity index (χ2v) is 3.23. The van der Waals surface area contributed by atoms with Crippen LogP contribution in [0.15, 0.2) is 9.59 Å². The molecule has 15 heavy (non-hydrogen) atoms. The zero-order chi connectivity index (χ0) is 10.5. The summed E-state index contributed by atoms with van der Waals surface area (Å²) in [7, 11) is 3.03. The summed E-state index contributed by atoms with van der Waals surface area (Å²) in [5, 5.41) is 0. The Labute approximate surface area is 84.3 Å². The third-order valence-corrected chi connectivity index (χ3v) is 2.21. The minimum atomic E-state index is -0.367. The number of H-pyrrole nitrogens is 1. The van der Waals surface area contributed by atoms with E-state index in [0.717, 1.165) is 4.57 Å². The fraction of sp³-hybridized carbons (Fsp3) is 0.375. The molecule has 2 heterocycles. The van der Waals surface area contributed by atoms with Gasteiger partial charge in [-0.1, -0.05) is 0 Å². The lowest BCUT2D eigenvalue weighted by Crippen LogP contribution is -2.36. The zero-order valence-electron chi connectivity index (χ0n) is 8.66. The van der Waals surface area contributed by atoms with Crippen LogP contribution in [-0.2, 0) is 14.1 Å². The van der Waals surface area contributed by atoms with Crippen molar-refractivity contribution in [3.63, 3.8) is 0 Å². The molecule has 0 aliphatic carbocycles. The summed E-state index contributed by atoms with van der Waals surface area (Å²) in [6.07, 6.45) is 0. The number of aromatic amines is 1. The molecule has 0 radical (unpaired) electrons. The molecule has 0 spiro atoms. The quantitative estimate of drug-likeness (QED) is 0.571. The fourth-order valence-electron chi connectivity index (χ4n) is 1.44. The number of rotatable bonds is 0. The second kappa shape index (κ2) is 3.35. The Balaban J connectivity index is 0.00000112. The first-order chi connectivity index (χ1) is 6.52. The average molecular weight is 212 g/mol. The molecule has 0 aromatic carbocycles. The van der Waals surface area contributed by atoms with Gasteiger partial charge in [-0.25, -0.2) is 9.78 Å². The third-order valence-electron chi connectivity index (χ3n) is 2.21. The highest BCUT2D eigenvalue weighted by atomic mass is 16.2. The summed E-state index contributed by atoms with van der Waals surface area (Å²) in [5.41, 5.74) is 0.0559. The number of hydrogen-bond donors (Lipinski definition) is 1. The molecule has 0 unspecified atom stereocenters. The fourth-order valence-corrected chi connectivity index (χ4v) is 1.44. The first-order valence-corrected chi connectivity index (χ1v) is 4.14. The van der Waals surface area contributed by atoms with Crippen molar-refractivity contribution >= 4 is 11.2 Å². The van der Waals surface area contributed by atoms with Gasteiger partial charge >= 0.3 is 5.69 Å². The lowest BCUT2D eigenvalue weighted by molar-refractivity contribution is 0.708. The molecule has 3 N–H and O–H groups in total. The molecular formula is C8H12N4O3. The van der Waals surface area contributed by atoms with E-state index in [2.05, 4.69) is 9.97 Å². The maximum atomic E-state index is 11.6. The molecule has 0 bridgehead atoms. The number of imidazole rings is 1. The van der Waals surface area contributed by atoms with Gasteiger partial charge in [-0.05, 0) is 6.92 Å². The average Bonchev–Trinajstić information content (AvgIpc) is 2.54. The highest BCUT2D eigenvalue weighted by Gasteiger charge is 2.10. The van der Waals surface area contributed by atoms with Crippen LogP contribution in [0, 0.1) is 6.92 Å². The van der Waals surface area contributed by atoms with Crippen molar-refractivity contribution in [1.29, 1.82) is 0 Å². The van der Waals surface area contributed by atoms with Crippen molar-refractivity contribution in [2.45, 2.75) is 6.92 Å². The van der Waals surface area contributed by atoms with Gasteiger partial charge < -0.3 is 10.5 Å². The molecule has 0 aliphatic rings. The number of hydrogen-bond acceptors (Lipinski definition) is 3. The summed E-state index contributed by atoms with van der Waals surface area (Å²) >= 11 is 0. The van der Waals surface area contributed by atoms with Crippen molar-refractivity contribution in [2.75, 3.05) is 0 Å². The molecule has 0 saturated heterocycles. The molecule has 0 atom stereocenters. The zero-order valence-corrected chi connectivity index (χ0v) is 8.66. The van der Waals surface area contributed by atoms with Gasteiger partial charge in [-0.3, -0.25) is 13.9 Å². The monoisotopic (exact) mass is 212 g/mol. The number of aryl methyl sites for hydroxylation is 2. The van der Waals surface area contributed by atoms with Crippen LogP contribution in [0.1, 0.15) is 5.82 Å². The SMILES string of the molecule is Cc1nc2c([nH]1)c(=O)n(C)c(=O)n2C.O. The van der Waals surface area contributed by atoms with Crippen molar-refractivity contribution in [1.82, 2.24) is 19.1 Å². The standard InChI is InChI=1S/C8H10N4O2.H2O/c1-4-9-5-6(10-4)11(2)8(14)12(3)7(5)13;/h1-3H3,(H,9,10);1H2. The van der Waals surface area contributed by atoms with E-state index in [0.29, 0.717) is 17.0 Å².